The van der Waals surface area contributed by atoms with E-state index in [-0.39, 0.29) is 5.82 Å². The Morgan fingerprint density at radius 2 is 2.21 bits per heavy atom. The minimum atomic E-state index is -0.313. The number of nitrogens with one attached hydrogen (secondary N) is 1. The predicted octanol–water partition coefficient (Wildman–Crippen LogP) is 3.41. The summed E-state index contributed by atoms with van der Waals surface area (Å²) < 4.78 is 13.7. The highest BCUT2D eigenvalue weighted by Crippen LogP contribution is 2.29. The second-order valence-corrected chi connectivity index (χ2v) is 5.36. The topological polar surface area (TPSA) is 37.8 Å². The van der Waals surface area contributed by atoms with Crippen molar-refractivity contribution in [2.75, 3.05) is 6.54 Å². The molecule has 0 unspecified atom stereocenters. The van der Waals surface area contributed by atoms with E-state index in [4.69, 9.17) is 0 Å². The van der Waals surface area contributed by atoms with Gasteiger partial charge in [0, 0.05) is 23.2 Å². The van der Waals surface area contributed by atoms with Gasteiger partial charge in [0.1, 0.15) is 5.01 Å². The molecule has 2 aromatic rings. The highest BCUT2D eigenvalue weighted by molar-refractivity contribution is 7.15. The Bertz CT molecular complexity index is 539. The summed E-state index contributed by atoms with van der Waals surface area (Å²) >= 11 is 1.56. The summed E-state index contributed by atoms with van der Waals surface area (Å²) in [6.07, 6.45) is 4.80. The Morgan fingerprint density at radius 1 is 1.37 bits per heavy atom. The quantitative estimate of drug-likeness (QED) is 0.823. The molecule has 0 aromatic carbocycles. The minimum absolute atomic E-state index is 0.313. The zero-order chi connectivity index (χ0) is 13.7. The molecule has 0 aliphatic rings. The molecule has 102 valence electrons. The van der Waals surface area contributed by atoms with Crippen LogP contribution in [0.5, 0.6) is 0 Å². The van der Waals surface area contributed by atoms with Gasteiger partial charge in [-0.05, 0) is 25.5 Å². The number of hydrogen-bond donors (Lipinski definition) is 1. The van der Waals surface area contributed by atoms with Crippen LogP contribution in [0.2, 0.25) is 0 Å². The van der Waals surface area contributed by atoms with Crippen molar-refractivity contribution in [1.82, 2.24) is 15.3 Å². The van der Waals surface area contributed by atoms with Crippen LogP contribution in [-0.2, 0) is 13.0 Å². The molecule has 0 aliphatic carbocycles. The summed E-state index contributed by atoms with van der Waals surface area (Å²) in [7, 11) is 0. The third kappa shape index (κ3) is 3.36. The van der Waals surface area contributed by atoms with E-state index in [9.17, 15) is 4.39 Å². The lowest BCUT2D eigenvalue weighted by molar-refractivity contribution is 0.625. The zero-order valence-electron chi connectivity index (χ0n) is 11.2. The maximum Gasteiger partial charge on any atom is 0.151 e. The standard InChI is InChI=1S/C14H18FN3S/c1-3-6-16-9-13-12(4-2)18-14(19-13)10-5-7-17-8-11(10)15/h5,7-8,16H,3-4,6,9H2,1-2H3. The molecule has 2 rings (SSSR count). The van der Waals surface area contributed by atoms with E-state index in [0.29, 0.717) is 5.56 Å². The smallest absolute Gasteiger partial charge is 0.151 e. The summed E-state index contributed by atoms with van der Waals surface area (Å²) in [5.74, 6) is -0.313. The van der Waals surface area contributed by atoms with E-state index < -0.39 is 0 Å². The number of hydrogen-bond acceptors (Lipinski definition) is 4. The summed E-state index contributed by atoms with van der Waals surface area (Å²) in [4.78, 5) is 9.52. The van der Waals surface area contributed by atoms with Crippen molar-refractivity contribution in [1.29, 1.82) is 0 Å². The van der Waals surface area contributed by atoms with Gasteiger partial charge in [-0.2, -0.15) is 0 Å². The third-order valence-electron chi connectivity index (χ3n) is 2.83. The van der Waals surface area contributed by atoms with E-state index in [1.54, 1.807) is 23.6 Å². The Kier molecular flexibility index (Phi) is 4.99. The lowest BCUT2D eigenvalue weighted by atomic mass is 10.2. The lowest BCUT2D eigenvalue weighted by Crippen LogP contribution is -2.13. The molecule has 2 aromatic heterocycles. The summed E-state index contributed by atoms with van der Waals surface area (Å²) in [5.41, 5.74) is 1.59. The second kappa shape index (κ2) is 6.73. The minimum Gasteiger partial charge on any atom is -0.312 e. The molecule has 0 bridgehead atoms. The summed E-state index contributed by atoms with van der Waals surface area (Å²) in [5, 5.41) is 4.11. The molecule has 0 saturated carbocycles. The molecule has 3 nitrogen and oxygen atoms in total. The molecule has 5 heteroatoms. The van der Waals surface area contributed by atoms with Crippen molar-refractivity contribution < 1.29 is 4.39 Å². The molecule has 19 heavy (non-hydrogen) atoms. The number of aromatic nitrogens is 2. The van der Waals surface area contributed by atoms with E-state index in [0.717, 1.165) is 36.6 Å². The van der Waals surface area contributed by atoms with Crippen molar-refractivity contribution in [3.05, 3.63) is 34.8 Å². The van der Waals surface area contributed by atoms with E-state index >= 15 is 0 Å². The van der Waals surface area contributed by atoms with Crippen LogP contribution in [0.1, 0.15) is 30.8 Å². The van der Waals surface area contributed by atoms with Gasteiger partial charge >= 0.3 is 0 Å². The first kappa shape index (κ1) is 14.1. The molecule has 0 radical (unpaired) electrons. The molecule has 0 saturated heterocycles. The molecular weight excluding hydrogens is 261 g/mol. The molecule has 0 spiro atoms. The average molecular weight is 279 g/mol. The largest absolute Gasteiger partial charge is 0.312 e. The average Bonchev–Trinajstić information content (AvgIpc) is 2.83. The number of rotatable bonds is 6. The third-order valence-corrected chi connectivity index (χ3v) is 3.96. The Hall–Kier alpha value is -1.33. The first-order valence-electron chi connectivity index (χ1n) is 6.55. The van der Waals surface area contributed by atoms with Gasteiger partial charge < -0.3 is 5.32 Å². The van der Waals surface area contributed by atoms with Gasteiger partial charge in [-0.3, -0.25) is 4.98 Å². The van der Waals surface area contributed by atoms with Gasteiger partial charge in [0.2, 0.25) is 0 Å². The number of halogens is 1. The maximum absolute atomic E-state index is 13.7. The van der Waals surface area contributed by atoms with Crippen molar-refractivity contribution in [2.24, 2.45) is 0 Å². The molecule has 1 N–H and O–H groups in total. The number of pyridine rings is 1. The Labute approximate surface area is 116 Å². The molecule has 0 aliphatic heterocycles. The predicted molar refractivity (Wildman–Crippen MR) is 76.7 cm³/mol. The van der Waals surface area contributed by atoms with Gasteiger partial charge in [-0.25, -0.2) is 9.37 Å². The van der Waals surface area contributed by atoms with E-state index in [1.165, 1.54) is 11.1 Å². The Balaban J connectivity index is 2.25. The summed E-state index contributed by atoms with van der Waals surface area (Å²) in [6.45, 7) is 6.00. The fourth-order valence-electron chi connectivity index (χ4n) is 1.84. The SMILES string of the molecule is CCCNCc1sc(-c2ccncc2F)nc1CC. The number of aryl methyl sites for hydroxylation is 1. The first-order valence-corrected chi connectivity index (χ1v) is 7.37. The van der Waals surface area contributed by atoms with Crippen LogP contribution in [0, 0.1) is 5.82 Å². The molecule has 0 amide bonds. The van der Waals surface area contributed by atoms with Gasteiger partial charge in [0.05, 0.1) is 11.9 Å². The van der Waals surface area contributed by atoms with Gasteiger partial charge in [-0.15, -0.1) is 11.3 Å². The molecular formula is C14H18FN3S. The second-order valence-electron chi connectivity index (χ2n) is 4.27. The Morgan fingerprint density at radius 3 is 2.89 bits per heavy atom. The van der Waals surface area contributed by atoms with E-state index in [2.05, 4.69) is 29.1 Å². The molecule has 0 fully saturated rings. The normalized spacial score (nSPS) is 10.9. The van der Waals surface area contributed by atoms with Crippen molar-refractivity contribution >= 4 is 11.3 Å². The number of thiazole rings is 1. The van der Waals surface area contributed by atoms with Crippen molar-refractivity contribution in [2.45, 2.75) is 33.2 Å². The fraction of sp³-hybridized carbons (Fsp3) is 0.429. The highest BCUT2D eigenvalue weighted by atomic mass is 32.1. The highest BCUT2D eigenvalue weighted by Gasteiger charge is 2.13. The van der Waals surface area contributed by atoms with Crippen LogP contribution >= 0.6 is 11.3 Å². The number of nitrogens with zero attached hydrogens (tertiary/aromatic N) is 2. The van der Waals surface area contributed by atoms with Crippen LogP contribution in [0.15, 0.2) is 18.5 Å². The maximum atomic E-state index is 13.7. The fourth-order valence-corrected chi connectivity index (χ4v) is 2.99. The van der Waals surface area contributed by atoms with Crippen molar-refractivity contribution in [3.8, 4) is 10.6 Å². The van der Waals surface area contributed by atoms with Gasteiger partial charge in [0.25, 0.3) is 0 Å². The van der Waals surface area contributed by atoms with Crippen molar-refractivity contribution in [3.63, 3.8) is 0 Å². The van der Waals surface area contributed by atoms with Crippen LogP contribution in [0.25, 0.3) is 10.6 Å². The summed E-state index contributed by atoms with van der Waals surface area (Å²) in [6, 6.07) is 1.68. The van der Waals surface area contributed by atoms with E-state index in [1.807, 2.05) is 0 Å². The van der Waals surface area contributed by atoms with Gasteiger partial charge in [0.15, 0.2) is 5.82 Å². The molecule has 2 heterocycles. The lowest BCUT2D eigenvalue weighted by Gasteiger charge is -2.01. The van der Waals surface area contributed by atoms with Crippen LogP contribution in [-0.4, -0.2) is 16.5 Å². The van der Waals surface area contributed by atoms with Gasteiger partial charge in [-0.1, -0.05) is 13.8 Å². The first-order chi connectivity index (χ1) is 9.26. The van der Waals surface area contributed by atoms with Crippen LogP contribution in [0.4, 0.5) is 4.39 Å². The molecule has 0 atom stereocenters. The monoisotopic (exact) mass is 279 g/mol. The van der Waals surface area contributed by atoms with Crippen LogP contribution < -0.4 is 5.32 Å². The zero-order valence-corrected chi connectivity index (χ0v) is 12.1. The van der Waals surface area contributed by atoms with Crippen LogP contribution in [0.3, 0.4) is 0 Å².